The van der Waals surface area contributed by atoms with Gasteiger partial charge < -0.3 is 9.15 Å². The van der Waals surface area contributed by atoms with Crippen molar-refractivity contribution in [1.29, 1.82) is 0 Å². The molecule has 28 heavy (non-hydrogen) atoms. The second-order valence-corrected chi connectivity index (χ2v) is 7.77. The average Bonchev–Trinajstić information content (AvgIpc) is 3.07. The molecule has 4 rings (SSSR count). The first kappa shape index (κ1) is 18.7. The predicted molar refractivity (Wildman–Crippen MR) is 108 cm³/mol. The second kappa shape index (κ2) is 7.07. The Morgan fingerprint density at radius 2 is 1.93 bits per heavy atom. The zero-order chi connectivity index (χ0) is 19.9. The molecule has 0 amide bonds. The monoisotopic (exact) mass is 443 g/mol. The number of hydrogen-bond donors (Lipinski definition) is 0. The van der Waals surface area contributed by atoms with Gasteiger partial charge in [0.1, 0.15) is 11.8 Å². The Hall–Kier alpha value is -2.64. The third-order valence-corrected chi connectivity index (χ3v) is 5.46. The number of ether oxygens (including phenoxy) is 1. The largest absolute Gasteiger partial charge is 0.467 e. The molecule has 0 spiro atoms. The quantitative estimate of drug-likeness (QED) is 0.559. The molecule has 2 atom stereocenters. The minimum atomic E-state index is -1.22. The van der Waals surface area contributed by atoms with E-state index in [0.29, 0.717) is 22.2 Å². The fraction of sp³-hybridized carbons (Fsp3) is 0.238. The molecule has 1 aliphatic heterocycles. The van der Waals surface area contributed by atoms with E-state index in [0.717, 1.165) is 4.47 Å². The predicted octanol–water partition coefficient (Wildman–Crippen LogP) is 4.37. The molecule has 0 bridgehead atoms. The lowest BCUT2D eigenvalue weighted by Crippen LogP contribution is -2.37. The van der Waals surface area contributed by atoms with Gasteiger partial charge in [-0.15, -0.1) is 0 Å². The Morgan fingerprint density at radius 1 is 1.21 bits per heavy atom. The number of para-hydroxylation sites is 1. The van der Waals surface area contributed by atoms with Crippen molar-refractivity contribution in [2.24, 2.45) is 0 Å². The van der Waals surface area contributed by atoms with E-state index in [1.165, 1.54) is 13.4 Å². The van der Waals surface area contributed by atoms with Gasteiger partial charge in [-0.25, -0.2) is 9.86 Å². The fourth-order valence-corrected chi connectivity index (χ4v) is 3.75. The Kier molecular flexibility index (Phi) is 4.72. The number of methoxy groups -OCH3 is 1. The Bertz CT molecular complexity index is 1090. The van der Waals surface area contributed by atoms with Crippen molar-refractivity contribution in [3.05, 3.63) is 75.1 Å². The van der Waals surface area contributed by atoms with Crippen LogP contribution in [-0.2, 0) is 14.4 Å². The van der Waals surface area contributed by atoms with Crippen LogP contribution in [0.25, 0.3) is 11.0 Å². The highest BCUT2D eigenvalue weighted by molar-refractivity contribution is 9.10. The summed E-state index contributed by atoms with van der Waals surface area (Å²) in [7, 11) is 1.32. The van der Waals surface area contributed by atoms with Crippen LogP contribution < -0.4 is 10.5 Å². The van der Waals surface area contributed by atoms with Gasteiger partial charge in [-0.3, -0.25) is 9.63 Å². The standard InChI is InChI=1S/C21H18BrNO5/c1-21(20(25)26-2)11-17(23(28-21)14-9-7-13(22)8-10-14)16-12-27-18-6-4-3-5-15(18)19(16)24/h3-10,12,17H,11H2,1-2H3. The molecule has 0 radical (unpaired) electrons. The minimum absolute atomic E-state index is 0.147. The van der Waals surface area contributed by atoms with Crippen LogP contribution in [-0.4, -0.2) is 18.7 Å². The minimum Gasteiger partial charge on any atom is -0.467 e. The van der Waals surface area contributed by atoms with Gasteiger partial charge in [-0.2, -0.15) is 0 Å². The van der Waals surface area contributed by atoms with Gasteiger partial charge in [0, 0.05) is 10.9 Å². The number of anilines is 1. The third-order valence-electron chi connectivity index (χ3n) is 4.93. The van der Waals surface area contributed by atoms with Crippen LogP contribution in [0.15, 0.2) is 68.5 Å². The number of rotatable bonds is 3. The van der Waals surface area contributed by atoms with Crippen LogP contribution in [0.3, 0.4) is 0 Å². The van der Waals surface area contributed by atoms with Gasteiger partial charge in [-0.1, -0.05) is 28.1 Å². The average molecular weight is 444 g/mol. The van der Waals surface area contributed by atoms with Crippen molar-refractivity contribution in [1.82, 2.24) is 0 Å². The summed E-state index contributed by atoms with van der Waals surface area (Å²) in [4.78, 5) is 31.5. The maximum atomic E-state index is 13.1. The van der Waals surface area contributed by atoms with Crippen LogP contribution in [0.4, 0.5) is 5.69 Å². The lowest BCUT2D eigenvalue weighted by molar-refractivity contribution is -0.163. The van der Waals surface area contributed by atoms with E-state index >= 15 is 0 Å². The highest BCUT2D eigenvalue weighted by Gasteiger charge is 2.50. The molecule has 1 fully saturated rings. The molecular formula is C21H18BrNO5. The normalized spacial score (nSPS) is 21.8. The van der Waals surface area contributed by atoms with E-state index in [1.807, 2.05) is 30.3 Å². The zero-order valence-corrected chi connectivity index (χ0v) is 16.9. The molecular weight excluding hydrogens is 426 g/mol. The first-order valence-electron chi connectivity index (χ1n) is 8.76. The smallest absolute Gasteiger partial charge is 0.340 e. The Balaban J connectivity index is 1.84. The summed E-state index contributed by atoms with van der Waals surface area (Å²) in [6.07, 6.45) is 1.70. The SMILES string of the molecule is COC(=O)C1(C)CC(c2coc3ccccc3c2=O)N(c2ccc(Br)cc2)O1. The van der Waals surface area contributed by atoms with Crippen molar-refractivity contribution in [2.45, 2.75) is 25.0 Å². The van der Waals surface area contributed by atoms with Crippen molar-refractivity contribution in [2.75, 3.05) is 12.2 Å². The van der Waals surface area contributed by atoms with Crippen molar-refractivity contribution >= 4 is 38.6 Å². The molecule has 3 aromatic rings. The van der Waals surface area contributed by atoms with Crippen molar-refractivity contribution in [3.63, 3.8) is 0 Å². The molecule has 0 aliphatic carbocycles. The van der Waals surface area contributed by atoms with Crippen LogP contribution >= 0.6 is 15.9 Å². The third kappa shape index (κ3) is 3.10. The highest BCUT2D eigenvalue weighted by atomic mass is 79.9. The molecule has 0 N–H and O–H groups in total. The second-order valence-electron chi connectivity index (χ2n) is 6.85. The van der Waals surface area contributed by atoms with E-state index in [-0.39, 0.29) is 11.8 Å². The Morgan fingerprint density at radius 3 is 2.64 bits per heavy atom. The van der Waals surface area contributed by atoms with Gasteiger partial charge in [0.15, 0.2) is 11.0 Å². The molecule has 2 heterocycles. The molecule has 6 nitrogen and oxygen atoms in total. The molecule has 7 heteroatoms. The van der Waals surface area contributed by atoms with E-state index in [4.69, 9.17) is 14.0 Å². The Labute approximate surface area is 169 Å². The molecule has 1 saturated heterocycles. The first-order chi connectivity index (χ1) is 13.4. The number of carbonyl (C=O) groups is 1. The lowest BCUT2D eigenvalue weighted by atomic mass is 9.94. The van der Waals surface area contributed by atoms with Gasteiger partial charge in [0.05, 0.1) is 29.8 Å². The molecule has 2 aromatic carbocycles. The number of hydroxylamine groups is 1. The van der Waals surface area contributed by atoms with Crippen LogP contribution in [0.2, 0.25) is 0 Å². The van der Waals surface area contributed by atoms with Crippen LogP contribution in [0.5, 0.6) is 0 Å². The number of carbonyl (C=O) groups excluding carboxylic acids is 1. The summed E-state index contributed by atoms with van der Waals surface area (Å²) < 4.78 is 11.5. The molecule has 1 aliphatic rings. The van der Waals surface area contributed by atoms with E-state index in [9.17, 15) is 9.59 Å². The molecule has 0 saturated carbocycles. The van der Waals surface area contributed by atoms with Crippen LogP contribution in [0.1, 0.15) is 24.9 Å². The number of halogens is 1. The number of benzene rings is 2. The molecule has 144 valence electrons. The maximum absolute atomic E-state index is 13.1. The zero-order valence-electron chi connectivity index (χ0n) is 15.3. The summed E-state index contributed by atoms with van der Waals surface area (Å²) in [6.45, 7) is 1.66. The number of hydrogen-bond acceptors (Lipinski definition) is 6. The molecule has 2 unspecified atom stereocenters. The van der Waals surface area contributed by atoms with Crippen molar-refractivity contribution in [3.8, 4) is 0 Å². The van der Waals surface area contributed by atoms with Crippen LogP contribution in [0, 0.1) is 0 Å². The van der Waals surface area contributed by atoms with E-state index in [1.54, 1.807) is 30.2 Å². The summed E-state index contributed by atoms with van der Waals surface area (Å²) in [5.74, 6) is -0.498. The molecule has 1 aromatic heterocycles. The summed E-state index contributed by atoms with van der Waals surface area (Å²) in [6, 6.07) is 14.0. The van der Waals surface area contributed by atoms with Gasteiger partial charge in [0.2, 0.25) is 0 Å². The fourth-order valence-electron chi connectivity index (χ4n) is 3.49. The highest BCUT2D eigenvalue weighted by Crippen LogP contribution is 2.43. The van der Waals surface area contributed by atoms with Gasteiger partial charge >= 0.3 is 5.97 Å². The summed E-state index contributed by atoms with van der Waals surface area (Å²) in [5, 5.41) is 2.08. The van der Waals surface area contributed by atoms with E-state index in [2.05, 4.69) is 15.9 Å². The maximum Gasteiger partial charge on any atom is 0.340 e. The number of nitrogens with zero attached hydrogens (tertiary/aromatic N) is 1. The first-order valence-corrected chi connectivity index (χ1v) is 9.55. The number of esters is 1. The summed E-state index contributed by atoms with van der Waals surface area (Å²) in [5.41, 5.74) is 0.292. The topological polar surface area (TPSA) is 69.0 Å². The number of fused-ring (bicyclic) bond motifs is 1. The summed E-state index contributed by atoms with van der Waals surface area (Å²) >= 11 is 3.41. The lowest BCUT2D eigenvalue weighted by Gasteiger charge is -2.25. The van der Waals surface area contributed by atoms with Crippen molar-refractivity contribution < 1.29 is 18.8 Å². The van der Waals surface area contributed by atoms with Gasteiger partial charge in [-0.05, 0) is 43.3 Å². The van der Waals surface area contributed by atoms with Gasteiger partial charge in [0.25, 0.3) is 0 Å². The van der Waals surface area contributed by atoms with E-state index < -0.39 is 17.6 Å².